The van der Waals surface area contributed by atoms with Gasteiger partial charge in [-0.25, -0.2) is 13.2 Å². The lowest BCUT2D eigenvalue weighted by Gasteiger charge is -2.26. The third-order valence-electron chi connectivity index (χ3n) is 3.16. The van der Waals surface area contributed by atoms with Gasteiger partial charge in [-0.15, -0.1) is 0 Å². The van der Waals surface area contributed by atoms with Gasteiger partial charge in [0.15, 0.2) is 0 Å². The zero-order valence-electron chi connectivity index (χ0n) is 11.6. The van der Waals surface area contributed by atoms with Gasteiger partial charge in [0.25, 0.3) is 0 Å². The Morgan fingerprint density at radius 1 is 1.40 bits per heavy atom. The Kier molecular flexibility index (Phi) is 5.73. The summed E-state index contributed by atoms with van der Waals surface area (Å²) in [6.07, 6.45) is 0.684. The van der Waals surface area contributed by atoms with Crippen molar-refractivity contribution in [2.24, 2.45) is 0 Å². The van der Waals surface area contributed by atoms with E-state index < -0.39 is 16.0 Å². The zero-order valence-corrected chi connectivity index (χ0v) is 14.0. The van der Waals surface area contributed by atoms with Gasteiger partial charge in [-0.1, -0.05) is 13.8 Å². The molecule has 7 heteroatoms. The molecule has 0 aliphatic rings. The van der Waals surface area contributed by atoms with Crippen molar-refractivity contribution >= 4 is 31.9 Å². The predicted octanol–water partition coefficient (Wildman–Crippen LogP) is 2.96. The first-order chi connectivity index (χ1) is 9.25. The normalized spacial score (nSPS) is 13.4. The van der Waals surface area contributed by atoms with Crippen LogP contribution >= 0.6 is 15.9 Å². The molecule has 0 aliphatic carbocycles. The molecule has 1 rings (SSSR count). The minimum atomic E-state index is -3.73. The lowest BCUT2D eigenvalue weighted by Crippen LogP contribution is -2.38. The molecule has 20 heavy (non-hydrogen) atoms. The minimum absolute atomic E-state index is 0.0143. The van der Waals surface area contributed by atoms with Crippen LogP contribution in [-0.2, 0) is 10.0 Å². The quantitative estimate of drug-likeness (QED) is 0.842. The minimum Gasteiger partial charge on any atom is -0.478 e. The maximum atomic E-state index is 12.7. The molecule has 0 radical (unpaired) electrons. The van der Waals surface area contributed by atoms with Gasteiger partial charge in [-0.05, 0) is 47.5 Å². The first kappa shape index (κ1) is 17.1. The van der Waals surface area contributed by atoms with E-state index in [9.17, 15) is 13.2 Å². The molecular weight excluding hydrogens is 346 g/mol. The van der Waals surface area contributed by atoms with E-state index in [2.05, 4.69) is 15.9 Å². The van der Waals surface area contributed by atoms with Crippen LogP contribution in [0.1, 0.15) is 37.6 Å². The van der Waals surface area contributed by atoms with Crippen LogP contribution in [0.4, 0.5) is 0 Å². The molecular formula is C13H18BrNO4S. The van der Waals surface area contributed by atoms with Crippen LogP contribution in [-0.4, -0.2) is 36.4 Å². The van der Waals surface area contributed by atoms with Gasteiger partial charge >= 0.3 is 5.97 Å². The molecule has 0 aliphatic heterocycles. The van der Waals surface area contributed by atoms with Gasteiger partial charge in [0.1, 0.15) is 0 Å². The van der Waals surface area contributed by atoms with Crippen LogP contribution < -0.4 is 0 Å². The Balaban J connectivity index is 3.40. The van der Waals surface area contributed by atoms with Crippen LogP contribution in [0.2, 0.25) is 0 Å². The summed E-state index contributed by atoms with van der Waals surface area (Å²) in [5.41, 5.74) is -0.0491. The number of nitrogens with zero attached hydrogens (tertiary/aromatic N) is 1. The van der Waals surface area contributed by atoms with Gasteiger partial charge < -0.3 is 5.11 Å². The molecule has 1 atom stereocenters. The molecule has 0 heterocycles. The number of benzene rings is 1. The van der Waals surface area contributed by atoms with Crippen molar-refractivity contribution in [2.45, 2.75) is 38.1 Å². The van der Waals surface area contributed by atoms with Gasteiger partial charge in [-0.2, -0.15) is 4.31 Å². The molecule has 1 aromatic carbocycles. The van der Waals surface area contributed by atoms with E-state index in [1.807, 2.05) is 13.8 Å². The van der Waals surface area contributed by atoms with Gasteiger partial charge in [0.2, 0.25) is 10.0 Å². The summed E-state index contributed by atoms with van der Waals surface area (Å²) < 4.78 is 27.1. The third kappa shape index (κ3) is 3.39. The highest BCUT2D eigenvalue weighted by atomic mass is 79.9. The number of halogens is 1. The predicted molar refractivity (Wildman–Crippen MR) is 80.4 cm³/mol. The summed E-state index contributed by atoms with van der Waals surface area (Å²) in [4.78, 5) is 11.0. The van der Waals surface area contributed by atoms with Crippen molar-refractivity contribution in [1.82, 2.24) is 4.31 Å². The number of sulfonamides is 1. The van der Waals surface area contributed by atoms with Gasteiger partial charge in [0.05, 0.1) is 10.5 Å². The number of rotatable bonds is 6. The maximum Gasteiger partial charge on any atom is 0.335 e. The zero-order chi connectivity index (χ0) is 15.5. The first-order valence-corrected chi connectivity index (χ1v) is 8.53. The Bertz CT molecular complexity index is 600. The van der Waals surface area contributed by atoms with Gasteiger partial charge in [-0.3, -0.25) is 0 Å². The van der Waals surface area contributed by atoms with Crippen LogP contribution in [0.5, 0.6) is 0 Å². The summed E-state index contributed by atoms with van der Waals surface area (Å²) >= 11 is 3.19. The Hall–Kier alpha value is -0.920. The third-order valence-corrected chi connectivity index (χ3v) is 6.24. The molecule has 0 amide bonds. The van der Waals surface area contributed by atoms with Crippen molar-refractivity contribution in [3.8, 4) is 0 Å². The number of carboxylic acids is 1. The number of hydrogen-bond donors (Lipinski definition) is 1. The second kappa shape index (κ2) is 6.69. The summed E-state index contributed by atoms with van der Waals surface area (Å²) in [7, 11) is -3.73. The van der Waals surface area contributed by atoms with E-state index in [-0.39, 0.29) is 16.5 Å². The summed E-state index contributed by atoms with van der Waals surface area (Å²) in [5.74, 6) is -1.15. The standard InChI is InChI=1S/C13H18BrNO4S/c1-4-9(3)15(5-2)20(18,19)12-8-10(13(16)17)6-7-11(12)14/h6-9H,4-5H2,1-3H3,(H,16,17). The van der Waals surface area contributed by atoms with E-state index in [0.29, 0.717) is 17.4 Å². The smallest absolute Gasteiger partial charge is 0.335 e. The average molecular weight is 364 g/mol. The van der Waals surface area contributed by atoms with E-state index in [0.717, 1.165) is 0 Å². The molecule has 0 saturated heterocycles. The molecule has 0 aromatic heterocycles. The monoisotopic (exact) mass is 363 g/mol. The topological polar surface area (TPSA) is 74.7 Å². The van der Waals surface area contributed by atoms with Crippen LogP contribution in [0, 0.1) is 0 Å². The fraction of sp³-hybridized carbons (Fsp3) is 0.462. The van der Waals surface area contributed by atoms with E-state index in [4.69, 9.17) is 5.11 Å². The van der Waals surface area contributed by atoms with Crippen molar-refractivity contribution in [1.29, 1.82) is 0 Å². The van der Waals surface area contributed by atoms with Crippen molar-refractivity contribution < 1.29 is 18.3 Å². The first-order valence-electron chi connectivity index (χ1n) is 6.30. The molecule has 0 spiro atoms. The second-order valence-corrected chi connectivity index (χ2v) is 7.13. The molecule has 5 nitrogen and oxygen atoms in total. The van der Waals surface area contributed by atoms with Gasteiger partial charge in [0, 0.05) is 17.1 Å². The Labute approximate surface area is 127 Å². The fourth-order valence-electron chi connectivity index (χ4n) is 1.88. The maximum absolute atomic E-state index is 12.7. The Morgan fingerprint density at radius 2 is 2.00 bits per heavy atom. The van der Waals surface area contributed by atoms with E-state index >= 15 is 0 Å². The number of aromatic carboxylic acids is 1. The fourth-order valence-corrected chi connectivity index (χ4v) is 4.55. The largest absolute Gasteiger partial charge is 0.478 e. The number of hydrogen-bond acceptors (Lipinski definition) is 3. The van der Waals surface area contributed by atoms with Crippen LogP contribution in [0.3, 0.4) is 0 Å². The highest BCUT2D eigenvalue weighted by Gasteiger charge is 2.29. The van der Waals surface area contributed by atoms with Crippen LogP contribution in [0.25, 0.3) is 0 Å². The number of carbonyl (C=O) groups is 1. The SMILES string of the molecule is CCC(C)N(CC)S(=O)(=O)c1cc(C(=O)O)ccc1Br. The highest BCUT2D eigenvalue weighted by Crippen LogP contribution is 2.27. The molecule has 1 N–H and O–H groups in total. The number of carboxylic acid groups (broad SMARTS) is 1. The lowest BCUT2D eigenvalue weighted by atomic mass is 10.2. The Morgan fingerprint density at radius 3 is 2.45 bits per heavy atom. The highest BCUT2D eigenvalue weighted by molar-refractivity contribution is 9.10. The van der Waals surface area contributed by atoms with E-state index in [1.54, 1.807) is 6.92 Å². The van der Waals surface area contributed by atoms with Crippen LogP contribution in [0.15, 0.2) is 27.6 Å². The van der Waals surface area contributed by atoms with E-state index in [1.165, 1.54) is 22.5 Å². The van der Waals surface area contributed by atoms with Crippen molar-refractivity contribution in [3.63, 3.8) is 0 Å². The molecule has 1 unspecified atom stereocenters. The molecule has 112 valence electrons. The summed E-state index contributed by atoms with van der Waals surface area (Å²) in [5, 5.41) is 8.99. The van der Waals surface area contributed by atoms with Crippen molar-refractivity contribution in [2.75, 3.05) is 6.54 Å². The average Bonchev–Trinajstić information content (AvgIpc) is 2.38. The second-order valence-electron chi connectivity index (χ2n) is 4.42. The summed E-state index contributed by atoms with van der Waals surface area (Å²) in [6, 6.07) is 3.85. The lowest BCUT2D eigenvalue weighted by molar-refractivity contribution is 0.0696. The molecule has 0 fully saturated rings. The molecule has 0 bridgehead atoms. The summed E-state index contributed by atoms with van der Waals surface area (Å²) in [6.45, 7) is 5.83. The molecule has 0 saturated carbocycles. The molecule has 1 aromatic rings. The van der Waals surface area contributed by atoms with Crippen molar-refractivity contribution in [3.05, 3.63) is 28.2 Å².